The third kappa shape index (κ3) is 3.46. The van der Waals surface area contributed by atoms with Gasteiger partial charge in [0, 0.05) is 20.1 Å². The summed E-state index contributed by atoms with van der Waals surface area (Å²) >= 11 is 1.17. The fourth-order valence-electron chi connectivity index (χ4n) is 1.60. The van der Waals surface area contributed by atoms with Crippen LogP contribution in [-0.2, 0) is 4.79 Å². The summed E-state index contributed by atoms with van der Waals surface area (Å²) in [4.78, 5) is 26.5. The van der Waals surface area contributed by atoms with Gasteiger partial charge in [-0.1, -0.05) is 0 Å². The fraction of sp³-hybridized carbons (Fsp3) is 0.500. The van der Waals surface area contributed by atoms with Crippen LogP contribution >= 0.6 is 11.3 Å². The van der Waals surface area contributed by atoms with Crippen molar-refractivity contribution < 1.29 is 14.7 Å². The lowest BCUT2D eigenvalue weighted by Crippen LogP contribution is -2.38. The van der Waals surface area contributed by atoms with E-state index < -0.39 is 5.97 Å². The Bertz CT molecular complexity index is 427. The second-order valence-electron chi connectivity index (χ2n) is 3.87. The van der Waals surface area contributed by atoms with Crippen LogP contribution in [0.4, 0.5) is 5.00 Å². The molecule has 0 spiro atoms. The number of carboxylic acids is 1. The summed E-state index contributed by atoms with van der Waals surface area (Å²) in [5.74, 6) is -0.887. The number of thiophene rings is 1. The molecule has 1 amide bonds. The van der Waals surface area contributed by atoms with Gasteiger partial charge in [-0.25, -0.2) is 4.79 Å². The molecule has 1 N–H and O–H groups in total. The first-order valence-electron chi connectivity index (χ1n) is 5.81. The summed E-state index contributed by atoms with van der Waals surface area (Å²) in [6, 6.07) is 3.28. The Labute approximate surface area is 111 Å². The monoisotopic (exact) mass is 270 g/mol. The van der Waals surface area contributed by atoms with E-state index in [1.807, 2.05) is 13.8 Å². The summed E-state index contributed by atoms with van der Waals surface area (Å²) in [5, 5.41) is 9.63. The third-order valence-corrected chi connectivity index (χ3v) is 3.85. The number of anilines is 1. The van der Waals surface area contributed by atoms with Gasteiger partial charge in [0.1, 0.15) is 4.88 Å². The van der Waals surface area contributed by atoms with E-state index in [0.29, 0.717) is 13.1 Å². The molecule has 0 atom stereocenters. The Kier molecular flexibility index (Phi) is 5.15. The van der Waals surface area contributed by atoms with Gasteiger partial charge in [0.05, 0.1) is 11.5 Å². The zero-order chi connectivity index (χ0) is 13.7. The van der Waals surface area contributed by atoms with Crippen LogP contribution in [0.15, 0.2) is 12.1 Å². The molecular weight excluding hydrogens is 252 g/mol. The van der Waals surface area contributed by atoms with Crippen LogP contribution in [0.25, 0.3) is 0 Å². The molecule has 1 rings (SSSR count). The first kappa shape index (κ1) is 14.5. The largest absolute Gasteiger partial charge is 0.477 e. The molecule has 0 fully saturated rings. The van der Waals surface area contributed by atoms with Crippen molar-refractivity contribution in [1.82, 2.24) is 4.90 Å². The quantitative estimate of drug-likeness (QED) is 0.855. The molecule has 5 nitrogen and oxygen atoms in total. The minimum atomic E-state index is -0.935. The van der Waals surface area contributed by atoms with E-state index in [2.05, 4.69) is 0 Å². The zero-order valence-corrected chi connectivity index (χ0v) is 11.7. The van der Waals surface area contributed by atoms with Crippen molar-refractivity contribution in [3.63, 3.8) is 0 Å². The predicted octanol–water partition coefficient (Wildman–Crippen LogP) is 1.75. The van der Waals surface area contributed by atoms with E-state index in [4.69, 9.17) is 5.11 Å². The summed E-state index contributed by atoms with van der Waals surface area (Å²) in [6.07, 6.45) is 0. The lowest BCUT2D eigenvalue weighted by Gasteiger charge is -2.23. The molecule has 1 aromatic rings. The van der Waals surface area contributed by atoms with E-state index >= 15 is 0 Å². The minimum absolute atomic E-state index is 0.0489. The highest BCUT2D eigenvalue weighted by atomic mass is 32.1. The molecule has 0 aliphatic heterocycles. The number of carbonyl (C=O) groups is 2. The summed E-state index contributed by atoms with van der Waals surface area (Å²) in [7, 11) is 1.79. The number of hydrogen-bond acceptors (Lipinski definition) is 4. The summed E-state index contributed by atoms with van der Waals surface area (Å²) < 4.78 is 0. The van der Waals surface area contributed by atoms with Crippen LogP contribution in [0.5, 0.6) is 0 Å². The van der Waals surface area contributed by atoms with Crippen LogP contribution in [0.3, 0.4) is 0 Å². The Hall–Kier alpha value is -1.56. The number of hydrogen-bond donors (Lipinski definition) is 1. The lowest BCUT2D eigenvalue weighted by atomic mass is 10.4. The standard InChI is InChI=1S/C12H18N2O3S/c1-4-14(5-2)10(15)8-13(3)11-7-6-9(18-11)12(16)17/h6-7H,4-5,8H2,1-3H3,(H,16,17). The molecule has 1 aromatic heterocycles. The Balaban J connectivity index is 2.66. The highest BCUT2D eigenvalue weighted by Gasteiger charge is 2.15. The van der Waals surface area contributed by atoms with Crippen LogP contribution < -0.4 is 4.90 Å². The molecule has 0 aliphatic carbocycles. The van der Waals surface area contributed by atoms with Crippen LogP contribution in [0.1, 0.15) is 23.5 Å². The van der Waals surface area contributed by atoms with Gasteiger partial charge in [-0.05, 0) is 26.0 Å². The Morgan fingerprint density at radius 1 is 1.28 bits per heavy atom. The van der Waals surface area contributed by atoms with Gasteiger partial charge >= 0.3 is 5.97 Å². The van der Waals surface area contributed by atoms with Crippen molar-refractivity contribution in [2.24, 2.45) is 0 Å². The summed E-state index contributed by atoms with van der Waals surface area (Å²) in [6.45, 7) is 5.52. The van der Waals surface area contributed by atoms with Gasteiger partial charge in [-0.2, -0.15) is 0 Å². The molecular formula is C12H18N2O3S. The molecule has 0 saturated carbocycles. The molecule has 6 heteroatoms. The summed E-state index contributed by atoms with van der Waals surface area (Å²) in [5.41, 5.74) is 0. The number of likely N-dealkylation sites (N-methyl/N-ethyl adjacent to an activating group) is 2. The number of carboxylic acid groups (broad SMARTS) is 1. The fourth-order valence-corrected chi connectivity index (χ4v) is 2.41. The highest BCUT2D eigenvalue weighted by molar-refractivity contribution is 7.17. The lowest BCUT2D eigenvalue weighted by molar-refractivity contribution is -0.129. The molecule has 0 aliphatic rings. The molecule has 0 saturated heterocycles. The smallest absolute Gasteiger partial charge is 0.345 e. The number of nitrogens with zero attached hydrogens (tertiary/aromatic N) is 2. The van der Waals surface area contributed by atoms with E-state index in [-0.39, 0.29) is 17.3 Å². The maximum atomic E-state index is 11.9. The van der Waals surface area contributed by atoms with Gasteiger partial charge < -0.3 is 14.9 Å². The van der Waals surface area contributed by atoms with Crippen molar-refractivity contribution in [3.8, 4) is 0 Å². The molecule has 18 heavy (non-hydrogen) atoms. The second kappa shape index (κ2) is 6.39. The SMILES string of the molecule is CCN(CC)C(=O)CN(C)c1ccc(C(=O)O)s1. The topological polar surface area (TPSA) is 60.9 Å². The number of carbonyl (C=O) groups excluding carboxylic acids is 1. The minimum Gasteiger partial charge on any atom is -0.477 e. The third-order valence-electron chi connectivity index (χ3n) is 2.67. The van der Waals surface area contributed by atoms with Gasteiger partial charge in [-0.3, -0.25) is 4.79 Å². The zero-order valence-electron chi connectivity index (χ0n) is 10.8. The van der Waals surface area contributed by atoms with Crippen molar-refractivity contribution in [3.05, 3.63) is 17.0 Å². The molecule has 100 valence electrons. The molecule has 0 bridgehead atoms. The van der Waals surface area contributed by atoms with Crippen molar-refractivity contribution in [2.45, 2.75) is 13.8 Å². The van der Waals surface area contributed by atoms with Crippen LogP contribution in [-0.4, -0.2) is 48.6 Å². The molecule has 0 radical (unpaired) electrons. The predicted molar refractivity (Wildman–Crippen MR) is 72.5 cm³/mol. The molecule has 1 heterocycles. The van der Waals surface area contributed by atoms with E-state index in [1.165, 1.54) is 11.3 Å². The maximum absolute atomic E-state index is 11.9. The average molecular weight is 270 g/mol. The number of rotatable bonds is 6. The van der Waals surface area contributed by atoms with Gasteiger partial charge in [-0.15, -0.1) is 11.3 Å². The second-order valence-corrected chi connectivity index (χ2v) is 4.93. The molecule has 0 aromatic carbocycles. The van der Waals surface area contributed by atoms with Crippen LogP contribution in [0, 0.1) is 0 Å². The Morgan fingerprint density at radius 3 is 2.33 bits per heavy atom. The number of aromatic carboxylic acids is 1. The van der Waals surface area contributed by atoms with Crippen molar-refractivity contribution in [2.75, 3.05) is 31.6 Å². The average Bonchev–Trinajstić information content (AvgIpc) is 2.79. The van der Waals surface area contributed by atoms with Crippen LogP contribution in [0.2, 0.25) is 0 Å². The maximum Gasteiger partial charge on any atom is 0.345 e. The van der Waals surface area contributed by atoms with E-state index in [0.717, 1.165) is 5.00 Å². The molecule has 0 unspecified atom stereocenters. The first-order chi connectivity index (χ1) is 8.49. The van der Waals surface area contributed by atoms with Gasteiger partial charge in [0.15, 0.2) is 0 Å². The van der Waals surface area contributed by atoms with Crippen molar-refractivity contribution >= 4 is 28.2 Å². The van der Waals surface area contributed by atoms with E-state index in [9.17, 15) is 9.59 Å². The highest BCUT2D eigenvalue weighted by Crippen LogP contribution is 2.24. The van der Waals surface area contributed by atoms with Gasteiger partial charge in [0.2, 0.25) is 5.91 Å². The van der Waals surface area contributed by atoms with E-state index in [1.54, 1.807) is 29.0 Å². The first-order valence-corrected chi connectivity index (χ1v) is 6.63. The van der Waals surface area contributed by atoms with Crippen molar-refractivity contribution in [1.29, 1.82) is 0 Å². The normalized spacial score (nSPS) is 10.2. The Morgan fingerprint density at radius 2 is 1.89 bits per heavy atom. The van der Waals surface area contributed by atoms with Gasteiger partial charge in [0.25, 0.3) is 0 Å². The number of amides is 1.